The summed E-state index contributed by atoms with van der Waals surface area (Å²) in [7, 11) is 0. The monoisotopic (exact) mass is 405 g/mol. The Kier molecular flexibility index (Phi) is 7.36. The van der Waals surface area contributed by atoms with Crippen LogP contribution in [0, 0.1) is 23.2 Å². The van der Waals surface area contributed by atoms with E-state index < -0.39 is 0 Å². The summed E-state index contributed by atoms with van der Waals surface area (Å²) in [5.41, 5.74) is 0.689. The topological polar surface area (TPSA) is 26.8 Å². The molecule has 3 saturated heterocycles. The number of amides is 1. The summed E-state index contributed by atoms with van der Waals surface area (Å²) in [6, 6.07) is 0. The second kappa shape index (κ2) is 9.26. The summed E-state index contributed by atoms with van der Waals surface area (Å²) < 4.78 is 0. The van der Waals surface area contributed by atoms with Crippen molar-refractivity contribution in [3.8, 4) is 0 Å². The van der Waals surface area contributed by atoms with Gasteiger partial charge in [0.2, 0.25) is 5.91 Å². The standard InChI is InChI=1S/C25H47N3O/c1-24(2,3)22-11-15-27(16-12-22)23(29)21-9-13-26(14-10-21)19-20-7-17-28(18-8-20)25(4,5)6/h20-22H,7-19H2,1-6H3. The van der Waals surface area contributed by atoms with E-state index in [0.717, 1.165) is 50.9 Å². The summed E-state index contributed by atoms with van der Waals surface area (Å²) in [5, 5.41) is 0. The summed E-state index contributed by atoms with van der Waals surface area (Å²) in [5.74, 6) is 2.34. The Morgan fingerprint density at radius 3 is 1.79 bits per heavy atom. The van der Waals surface area contributed by atoms with Gasteiger partial charge >= 0.3 is 0 Å². The quantitative estimate of drug-likeness (QED) is 0.692. The number of hydrogen-bond acceptors (Lipinski definition) is 3. The van der Waals surface area contributed by atoms with Gasteiger partial charge in [-0.05, 0) is 103 Å². The van der Waals surface area contributed by atoms with Gasteiger partial charge in [0.15, 0.2) is 0 Å². The third-order valence-corrected chi connectivity index (χ3v) is 8.05. The van der Waals surface area contributed by atoms with Crippen molar-refractivity contribution < 1.29 is 4.79 Å². The van der Waals surface area contributed by atoms with Crippen LogP contribution in [0.25, 0.3) is 0 Å². The van der Waals surface area contributed by atoms with Crippen molar-refractivity contribution in [1.82, 2.24) is 14.7 Å². The maximum absolute atomic E-state index is 13.0. The minimum Gasteiger partial charge on any atom is -0.342 e. The van der Waals surface area contributed by atoms with E-state index in [1.54, 1.807) is 0 Å². The third kappa shape index (κ3) is 6.19. The molecule has 0 aliphatic carbocycles. The fraction of sp³-hybridized carbons (Fsp3) is 0.960. The van der Waals surface area contributed by atoms with Crippen molar-refractivity contribution in [1.29, 1.82) is 0 Å². The van der Waals surface area contributed by atoms with Crippen LogP contribution in [0.4, 0.5) is 0 Å². The van der Waals surface area contributed by atoms with E-state index in [4.69, 9.17) is 0 Å². The maximum Gasteiger partial charge on any atom is 0.225 e. The molecule has 0 radical (unpaired) electrons. The average molecular weight is 406 g/mol. The Morgan fingerprint density at radius 1 is 0.759 bits per heavy atom. The van der Waals surface area contributed by atoms with Gasteiger partial charge in [0.05, 0.1) is 0 Å². The van der Waals surface area contributed by atoms with Gasteiger partial charge in [-0.1, -0.05) is 20.8 Å². The Labute approximate surface area is 180 Å². The molecule has 3 aliphatic rings. The molecule has 4 nitrogen and oxygen atoms in total. The van der Waals surface area contributed by atoms with Crippen LogP contribution in [0.2, 0.25) is 0 Å². The molecule has 3 rings (SSSR count). The lowest BCUT2D eigenvalue weighted by molar-refractivity contribution is -0.139. The largest absolute Gasteiger partial charge is 0.342 e. The summed E-state index contributed by atoms with van der Waals surface area (Å²) >= 11 is 0. The van der Waals surface area contributed by atoms with E-state index in [2.05, 4.69) is 56.2 Å². The van der Waals surface area contributed by atoms with E-state index in [0.29, 0.717) is 16.9 Å². The van der Waals surface area contributed by atoms with Gasteiger partial charge in [0.1, 0.15) is 0 Å². The molecule has 1 amide bonds. The Balaban J connectivity index is 1.37. The molecule has 3 aliphatic heterocycles. The second-order valence-corrected chi connectivity index (χ2v) is 12.1. The minimum absolute atomic E-state index is 0.278. The molecule has 29 heavy (non-hydrogen) atoms. The normalized spacial score (nSPS) is 25.5. The second-order valence-electron chi connectivity index (χ2n) is 12.1. The predicted octanol–water partition coefficient (Wildman–Crippen LogP) is 4.49. The number of nitrogens with zero attached hydrogens (tertiary/aromatic N) is 3. The lowest BCUT2D eigenvalue weighted by Crippen LogP contribution is -2.49. The van der Waals surface area contributed by atoms with Gasteiger partial charge in [-0.25, -0.2) is 0 Å². The highest BCUT2D eigenvalue weighted by Crippen LogP contribution is 2.35. The molecule has 0 unspecified atom stereocenters. The average Bonchev–Trinajstić information content (AvgIpc) is 2.67. The minimum atomic E-state index is 0.278. The molecule has 168 valence electrons. The highest BCUT2D eigenvalue weighted by molar-refractivity contribution is 5.79. The zero-order chi connectivity index (χ0) is 21.2. The molecule has 0 aromatic carbocycles. The van der Waals surface area contributed by atoms with Crippen molar-refractivity contribution in [2.45, 2.75) is 85.6 Å². The molecule has 0 bridgehead atoms. The lowest BCUT2D eigenvalue weighted by Gasteiger charge is -2.43. The lowest BCUT2D eigenvalue weighted by atomic mass is 9.75. The molecule has 3 heterocycles. The van der Waals surface area contributed by atoms with E-state index in [-0.39, 0.29) is 5.92 Å². The molecule has 3 fully saturated rings. The number of carbonyl (C=O) groups excluding carboxylic acids is 1. The maximum atomic E-state index is 13.0. The molecule has 0 N–H and O–H groups in total. The van der Waals surface area contributed by atoms with E-state index >= 15 is 0 Å². The van der Waals surface area contributed by atoms with Gasteiger partial charge in [-0.15, -0.1) is 0 Å². The highest BCUT2D eigenvalue weighted by Gasteiger charge is 2.34. The Hall–Kier alpha value is -0.610. The van der Waals surface area contributed by atoms with E-state index in [1.807, 2.05) is 0 Å². The summed E-state index contributed by atoms with van der Waals surface area (Å²) in [6.07, 6.45) is 7.16. The highest BCUT2D eigenvalue weighted by atomic mass is 16.2. The smallest absolute Gasteiger partial charge is 0.225 e. The van der Waals surface area contributed by atoms with Crippen LogP contribution in [0.1, 0.15) is 80.1 Å². The number of carbonyl (C=O) groups is 1. The molecular weight excluding hydrogens is 358 g/mol. The fourth-order valence-corrected chi connectivity index (χ4v) is 5.74. The Bertz CT molecular complexity index is 523. The number of piperidine rings is 3. The predicted molar refractivity (Wildman–Crippen MR) is 122 cm³/mol. The molecule has 0 aromatic rings. The molecular formula is C25H47N3O. The number of rotatable bonds is 3. The van der Waals surface area contributed by atoms with Crippen molar-refractivity contribution >= 4 is 5.91 Å². The first-order valence-electron chi connectivity index (χ1n) is 12.3. The first-order valence-corrected chi connectivity index (χ1v) is 12.3. The number of likely N-dealkylation sites (tertiary alicyclic amines) is 3. The number of hydrogen-bond donors (Lipinski definition) is 0. The SMILES string of the molecule is CC(C)(C)C1CCN(C(=O)C2CCN(CC3CCN(C(C)(C)C)CC3)CC2)CC1. The zero-order valence-electron chi connectivity index (χ0n) is 20.2. The van der Waals surface area contributed by atoms with Gasteiger partial charge in [-0.3, -0.25) is 9.69 Å². The van der Waals surface area contributed by atoms with Crippen LogP contribution in [-0.4, -0.2) is 72.0 Å². The van der Waals surface area contributed by atoms with Gasteiger partial charge < -0.3 is 9.80 Å². The van der Waals surface area contributed by atoms with E-state index in [1.165, 1.54) is 45.3 Å². The van der Waals surface area contributed by atoms with Gasteiger partial charge in [-0.2, -0.15) is 0 Å². The molecule has 0 spiro atoms. The fourth-order valence-electron chi connectivity index (χ4n) is 5.74. The third-order valence-electron chi connectivity index (χ3n) is 8.05. The van der Waals surface area contributed by atoms with Gasteiger partial charge in [0, 0.05) is 31.1 Å². The van der Waals surface area contributed by atoms with Crippen LogP contribution < -0.4 is 0 Å². The molecule has 0 saturated carbocycles. The van der Waals surface area contributed by atoms with Crippen LogP contribution >= 0.6 is 0 Å². The summed E-state index contributed by atoms with van der Waals surface area (Å²) in [6.45, 7) is 22.0. The van der Waals surface area contributed by atoms with Crippen molar-refractivity contribution in [3.05, 3.63) is 0 Å². The van der Waals surface area contributed by atoms with Gasteiger partial charge in [0.25, 0.3) is 0 Å². The van der Waals surface area contributed by atoms with Crippen LogP contribution in [0.3, 0.4) is 0 Å². The van der Waals surface area contributed by atoms with Crippen molar-refractivity contribution in [3.63, 3.8) is 0 Å². The zero-order valence-corrected chi connectivity index (χ0v) is 20.2. The van der Waals surface area contributed by atoms with Crippen LogP contribution in [0.5, 0.6) is 0 Å². The summed E-state index contributed by atoms with van der Waals surface area (Å²) in [4.78, 5) is 20.5. The molecule has 0 atom stereocenters. The van der Waals surface area contributed by atoms with Crippen molar-refractivity contribution in [2.75, 3.05) is 45.8 Å². The van der Waals surface area contributed by atoms with Crippen LogP contribution in [-0.2, 0) is 4.79 Å². The molecule has 0 aromatic heterocycles. The van der Waals surface area contributed by atoms with E-state index in [9.17, 15) is 4.79 Å². The van der Waals surface area contributed by atoms with Crippen LogP contribution in [0.15, 0.2) is 0 Å². The first kappa shape index (κ1) is 23.1. The Morgan fingerprint density at radius 2 is 1.31 bits per heavy atom. The van der Waals surface area contributed by atoms with Crippen molar-refractivity contribution in [2.24, 2.45) is 23.2 Å². The first-order chi connectivity index (χ1) is 13.5. The molecule has 4 heteroatoms.